The van der Waals surface area contributed by atoms with Crippen LogP contribution >= 0.6 is 15.9 Å². The summed E-state index contributed by atoms with van der Waals surface area (Å²) in [4.78, 5) is 14.2. The molecule has 0 saturated carbocycles. The van der Waals surface area contributed by atoms with Crippen molar-refractivity contribution >= 4 is 37.7 Å². The second-order valence-electron chi connectivity index (χ2n) is 7.35. The van der Waals surface area contributed by atoms with Crippen LogP contribution in [0.25, 0.3) is 0 Å². The van der Waals surface area contributed by atoms with Gasteiger partial charge in [-0.15, -0.1) is 0 Å². The number of piperidine rings is 1. The zero-order valence-electron chi connectivity index (χ0n) is 17.2. The predicted octanol–water partition coefficient (Wildman–Crippen LogP) is 3.78. The highest BCUT2D eigenvalue weighted by Gasteiger charge is 2.38. The minimum absolute atomic E-state index is 0.0698. The maximum absolute atomic E-state index is 13.3. The van der Waals surface area contributed by atoms with E-state index >= 15 is 0 Å². The van der Waals surface area contributed by atoms with Gasteiger partial charge in [0.05, 0.1) is 19.9 Å². The molecule has 0 unspecified atom stereocenters. The van der Waals surface area contributed by atoms with Crippen molar-refractivity contribution in [2.75, 3.05) is 32.2 Å². The maximum Gasteiger partial charge on any atom is 0.414 e. The molecule has 0 spiro atoms. The van der Waals surface area contributed by atoms with Gasteiger partial charge in [-0.2, -0.15) is 4.31 Å². The molecule has 2 aliphatic heterocycles. The number of benzene rings is 2. The van der Waals surface area contributed by atoms with E-state index in [9.17, 15) is 13.2 Å². The van der Waals surface area contributed by atoms with Crippen LogP contribution in [0, 0.1) is 0 Å². The van der Waals surface area contributed by atoms with Crippen molar-refractivity contribution in [3.8, 4) is 11.5 Å². The number of halogens is 1. The average molecular weight is 511 g/mol. The molecule has 2 aromatic carbocycles. The number of methoxy groups -OCH3 is 2. The van der Waals surface area contributed by atoms with Gasteiger partial charge in [-0.1, -0.05) is 15.9 Å². The van der Waals surface area contributed by atoms with E-state index in [0.29, 0.717) is 18.6 Å². The van der Waals surface area contributed by atoms with Gasteiger partial charge in [-0.3, -0.25) is 4.90 Å². The number of cyclic esters (lactones) is 1. The van der Waals surface area contributed by atoms with E-state index in [4.69, 9.17) is 14.2 Å². The molecule has 8 nitrogen and oxygen atoms in total. The fourth-order valence-electron chi connectivity index (χ4n) is 4.02. The van der Waals surface area contributed by atoms with Crippen molar-refractivity contribution in [2.24, 2.45) is 0 Å². The lowest BCUT2D eigenvalue weighted by Crippen LogP contribution is -2.50. The number of hydrogen-bond acceptors (Lipinski definition) is 6. The number of sulfonamides is 1. The number of carbonyl (C=O) groups excluding carboxylic acids is 1. The van der Waals surface area contributed by atoms with E-state index in [-0.39, 0.29) is 36.4 Å². The molecule has 0 N–H and O–H groups in total. The summed E-state index contributed by atoms with van der Waals surface area (Å²) < 4.78 is 44.7. The minimum atomic E-state index is -3.78. The molecular weight excluding hydrogens is 488 g/mol. The van der Waals surface area contributed by atoms with Gasteiger partial charge in [0.25, 0.3) is 0 Å². The summed E-state index contributed by atoms with van der Waals surface area (Å²) in [6.07, 6.45) is 0.595. The van der Waals surface area contributed by atoms with Gasteiger partial charge in [-0.25, -0.2) is 13.2 Å². The van der Waals surface area contributed by atoms with Crippen LogP contribution in [-0.2, 0) is 21.4 Å². The molecule has 2 aromatic rings. The zero-order valence-corrected chi connectivity index (χ0v) is 19.6. The van der Waals surface area contributed by atoms with Gasteiger partial charge >= 0.3 is 6.09 Å². The summed E-state index contributed by atoms with van der Waals surface area (Å²) in [5, 5.41) is 0. The fourth-order valence-corrected chi connectivity index (χ4v) is 6.07. The Morgan fingerprint density at radius 2 is 1.81 bits per heavy atom. The normalized spacial score (nSPS) is 17.8. The van der Waals surface area contributed by atoms with Crippen LogP contribution in [0.15, 0.2) is 45.8 Å². The van der Waals surface area contributed by atoms with Crippen LogP contribution in [0.4, 0.5) is 10.5 Å². The summed E-state index contributed by atoms with van der Waals surface area (Å²) in [5.41, 5.74) is 1.74. The monoisotopic (exact) mass is 510 g/mol. The topological polar surface area (TPSA) is 85.4 Å². The van der Waals surface area contributed by atoms with Gasteiger partial charge in [0.2, 0.25) is 10.0 Å². The van der Waals surface area contributed by atoms with Crippen molar-refractivity contribution < 1.29 is 27.4 Å². The number of amides is 1. The molecule has 1 saturated heterocycles. The van der Waals surface area contributed by atoms with E-state index in [1.54, 1.807) is 17.0 Å². The molecule has 1 amide bonds. The highest BCUT2D eigenvalue weighted by atomic mass is 79.9. The van der Waals surface area contributed by atoms with E-state index in [2.05, 4.69) is 15.9 Å². The molecule has 0 bridgehead atoms. The molecule has 2 aliphatic rings. The van der Waals surface area contributed by atoms with Gasteiger partial charge < -0.3 is 14.2 Å². The Morgan fingerprint density at radius 3 is 2.48 bits per heavy atom. The third-order valence-corrected chi connectivity index (χ3v) is 8.04. The first-order chi connectivity index (χ1) is 14.8. The van der Waals surface area contributed by atoms with Crippen LogP contribution in [0.2, 0.25) is 0 Å². The summed E-state index contributed by atoms with van der Waals surface area (Å²) in [6, 6.07) is 10.3. The first kappa shape index (κ1) is 21.9. The van der Waals surface area contributed by atoms with Crippen LogP contribution in [0.5, 0.6) is 11.5 Å². The molecule has 1 fully saturated rings. The lowest BCUT2D eigenvalue weighted by atomic mass is 10.0. The number of anilines is 1. The van der Waals surface area contributed by atoms with Crippen molar-refractivity contribution in [1.29, 1.82) is 0 Å². The third kappa shape index (κ3) is 4.11. The Morgan fingerprint density at radius 1 is 1.06 bits per heavy atom. The highest BCUT2D eigenvalue weighted by molar-refractivity contribution is 9.10. The smallest absolute Gasteiger partial charge is 0.414 e. The zero-order chi connectivity index (χ0) is 22.2. The van der Waals surface area contributed by atoms with Crippen molar-refractivity contribution in [1.82, 2.24) is 4.31 Å². The Hall–Kier alpha value is -2.30. The molecule has 0 radical (unpaired) electrons. The molecule has 31 heavy (non-hydrogen) atoms. The summed E-state index contributed by atoms with van der Waals surface area (Å²) in [7, 11) is -0.864. The largest absolute Gasteiger partial charge is 0.497 e. The first-order valence-electron chi connectivity index (χ1n) is 9.81. The molecule has 0 aromatic heterocycles. The van der Waals surface area contributed by atoms with Gasteiger partial charge in [0, 0.05) is 35.2 Å². The van der Waals surface area contributed by atoms with Crippen LogP contribution in [-0.4, -0.2) is 52.2 Å². The number of carbonyl (C=O) groups is 1. The molecule has 0 aliphatic carbocycles. The van der Waals surface area contributed by atoms with Crippen LogP contribution in [0.1, 0.15) is 18.4 Å². The molecule has 0 atom stereocenters. The molecule has 2 heterocycles. The lowest BCUT2D eigenvalue weighted by molar-refractivity contribution is 0.135. The molecule has 4 rings (SSSR count). The maximum atomic E-state index is 13.3. The highest BCUT2D eigenvalue weighted by Crippen LogP contribution is 2.36. The summed E-state index contributed by atoms with van der Waals surface area (Å²) in [5.74, 6) is 0.704. The Balaban J connectivity index is 1.55. The van der Waals surface area contributed by atoms with E-state index in [0.717, 1.165) is 15.7 Å². The Kier molecular flexibility index (Phi) is 6.14. The quantitative estimate of drug-likeness (QED) is 0.608. The average Bonchev–Trinajstić information content (AvgIpc) is 2.78. The molecule has 166 valence electrons. The molecular formula is C21H23BrN2O6S. The SMILES string of the molecule is COc1ccc(OC)c(S(=O)(=O)N2CCC(N3C(=O)OCc4cc(Br)ccc43)CC2)c1. The number of ether oxygens (including phenoxy) is 3. The van der Waals surface area contributed by atoms with Crippen molar-refractivity contribution in [2.45, 2.75) is 30.4 Å². The third-order valence-electron chi connectivity index (χ3n) is 5.63. The van der Waals surface area contributed by atoms with Crippen LogP contribution < -0.4 is 14.4 Å². The van der Waals surface area contributed by atoms with E-state index in [1.807, 2.05) is 18.2 Å². The predicted molar refractivity (Wildman–Crippen MR) is 118 cm³/mol. The van der Waals surface area contributed by atoms with Gasteiger partial charge in [0.1, 0.15) is 23.0 Å². The van der Waals surface area contributed by atoms with E-state index < -0.39 is 16.1 Å². The molecule has 10 heteroatoms. The van der Waals surface area contributed by atoms with Gasteiger partial charge in [-0.05, 0) is 43.2 Å². The first-order valence-corrected chi connectivity index (χ1v) is 12.0. The van der Waals surface area contributed by atoms with E-state index in [1.165, 1.54) is 24.6 Å². The fraction of sp³-hybridized carbons (Fsp3) is 0.381. The van der Waals surface area contributed by atoms with Crippen molar-refractivity contribution in [3.05, 3.63) is 46.4 Å². The standard InChI is InChI=1S/C21H23BrN2O6S/c1-28-17-4-6-19(29-2)20(12-17)31(26,27)23-9-7-16(8-10-23)24-18-5-3-15(22)11-14(18)13-30-21(24)25/h3-6,11-12,16H,7-10,13H2,1-2H3. The summed E-state index contributed by atoms with van der Waals surface area (Å²) >= 11 is 3.44. The second-order valence-corrected chi connectivity index (χ2v) is 10.2. The minimum Gasteiger partial charge on any atom is -0.497 e. The van der Waals surface area contributed by atoms with Gasteiger partial charge in [0.15, 0.2) is 0 Å². The number of nitrogens with zero attached hydrogens (tertiary/aromatic N) is 2. The lowest BCUT2D eigenvalue weighted by Gasteiger charge is -2.39. The van der Waals surface area contributed by atoms with Crippen molar-refractivity contribution in [3.63, 3.8) is 0 Å². The summed E-state index contributed by atoms with van der Waals surface area (Å²) in [6.45, 7) is 0.791. The number of rotatable bonds is 5. The number of hydrogen-bond donors (Lipinski definition) is 0. The number of fused-ring (bicyclic) bond motifs is 1. The Labute approximate surface area is 189 Å². The second kappa shape index (κ2) is 8.68. The van der Waals surface area contributed by atoms with Crippen LogP contribution in [0.3, 0.4) is 0 Å². The Bertz CT molecular complexity index is 1100.